The van der Waals surface area contributed by atoms with Crippen LogP contribution >= 0.6 is 0 Å². The lowest BCUT2D eigenvalue weighted by Gasteiger charge is -2.41. The maximum atomic E-state index is 6.61. The summed E-state index contributed by atoms with van der Waals surface area (Å²) in [5, 5.41) is 0. The van der Waals surface area contributed by atoms with Gasteiger partial charge in [-0.25, -0.2) is 0 Å². The van der Waals surface area contributed by atoms with Gasteiger partial charge in [-0.15, -0.1) is 0 Å². The van der Waals surface area contributed by atoms with Crippen LogP contribution in [-0.4, -0.2) is 25.4 Å². The van der Waals surface area contributed by atoms with Crippen molar-refractivity contribution in [2.75, 3.05) is 13.2 Å². The van der Waals surface area contributed by atoms with Crippen LogP contribution in [0.5, 0.6) is 0 Å². The SMILES string of the molecule is CCOC1C2CC(CC2CCOC2C(C)C(C)(C)C(C)C2(C)C)C1(C)C. The Bertz CT molecular complexity index is 506. The molecular weight excluding hydrogens is 320 g/mol. The molecule has 26 heavy (non-hydrogen) atoms. The van der Waals surface area contributed by atoms with E-state index in [-0.39, 0.29) is 5.41 Å². The summed E-state index contributed by atoms with van der Waals surface area (Å²) >= 11 is 0. The molecule has 2 nitrogen and oxygen atoms in total. The van der Waals surface area contributed by atoms with E-state index in [4.69, 9.17) is 9.47 Å². The Kier molecular flexibility index (Phi) is 5.37. The molecule has 0 aromatic carbocycles. The number of fused-ring (bicyclic) bond motifs is 2. The highest BCUT2D eigenvalue weighted by atomic mass is 16.5. The van der Waals surface area contributed by atoms with Crippen LogP contribution in [0.1, 0.15) is 81.6 Å². The minimum Gasteiger partial charge on any atom is -0.378 e. The van der Waals surface area contributed by atoms with Crippen LogP contribution in [0.15, 0.2) is 0 Å². The number of ether oxygens (including phenoxy) is 2. The molecule has 0 aliphatic heterocycles. The Balaban J connectivity index is 1.58. The third kappa shape index (κ3) is 2.98. The molecule has 3 aliphatic carbocycles. The van der Waals surface area contributed by atoms with E-state index >= 15 is 0 Å². The standard InChI is InChI=1S/C24H44O2/c1-10-25-21-19-14-18(24(21,8)9)13-17(19)11-12-26-20-15(2)22(4,5)16(3)23(20,6)7/h15-21H,10-14H2,1-9H3. The largest absolute Gasteiger partial charge is 0.378 e. The van der Waals surface area contributed by atoms with Gasteiger partial charge >= 0.3 is 0 Å². The van der Waals surface area contributed by atoms with Crippen molar-refractivity contribution in [3.05, 3.63) is 0 Å². The fraction of sp³-hybridized carbons (Fsp3) is 1.00. The topological polar surface area (TPSA) is 18.5 Å². The summed E-state index contributed by atoms with van der Waals surface area (Å²) in [5.41, 5.74) is 0.970. The molecule has 0 radical (unpaired) electrons. The van der Waals surface area contributed by atoms with E-state index in [9.17, 15) is 0 Å². The average Bonchev–Trinajstić information content (AvgIpc) is 3.10. The highest BCUT2D eigenvalue weighted by Gasteiger charge is 2.58. The molecule has 3 rings (SSSR count). The zero-order chi connectivity index (χ0) is 19.5. The second kappa shape index (κ2) is 6.76. The van der Waals surface area contributed by atoms with Gasteiger partial charge in [-0.1, -0.05) is 55.4 Å². The lowest BCUT2D eigenvalue weighted by molar-refractivity contribution is -0.0812. The average molecular weight is 365 g/mol. The van der Waals surface area contributed by atoms with E-state index in [0.717, 1.165) is 31.0 Å². The molecule has 152 valence electrons. The Morgan fingerprint density at radius 3 is 1.96 bits per heavy atom. The molecule has 3 aliphatic rings. The summed E-state index contributed by atoms with van der Waals surface area (Å²) in [6, 6.07) is 0. The van der Waals surface area contributed by atoms with Crippen LogP contribution in [0, 0.1) is 45.8 Å². The van der Waals surface area contributed by atoms with Crippen molar-refractivity contribution in [1.29, 1.82) is 0 Å². The fourth-order valence-corrected chi connectivity index (χ4v) is 7.11. The molecular formula is C24H44O2. The highest BCUT2D eigenvalue weighted by molar-refractivity contribution is 5.07. The second-order valence-corrected chi connectivity index (χ2v) is 11.5. The lowest BCUT2D eigenvalue weighted by atomic mass is 9.70. The summed E-state index contributed by atoms with van der Waals surface area (Å²) < 4.78 is 12.8. The minimum absolute atomic E-state index is 0.257. The van der Waals surface area contributed by atoms with E-state index in [0.29, 0.717) is 34.9 Å². The molecule has 7 unspecified atom stereocenters. The summed E-state index contributed by atoms with van der Waals surface area (Å²) in [5.74, 6) is 3.69. The Morgan fingerprint density at radius 2 is 1.46 bits per heavy atom. The van der Waals surface area contributed by atoms with Gasteiger partial charge in [-0.2, -0.15) is 0 Å². The van der Waals surface area contributed by atoms with E-state index < -0.39 is 0 Å². The van der Waals surface area contributed by atoms with E-state index in [1.165, 1.54) is 19.3 Å². The van der Waals surface area contributed by atoms with Crippen LogP contribution in [0.2, 0.25) is 0 Å². The first-order chi connectivity index (χ1) is 12.0. The van der Waals surface area contributed by atoms with E-state index in [1.54, 1.807) is 0 Å². The molecule has 0 spiro atoms. The molecule has 0 saturated heterocycles. The van der Waals surface area contributed by atoms with Crippen molar-refractivity contribution in [3.8, 4) is 0 Å². The molecule has 3 saturated carbocycles. The van der Waals surface area contributed by atoms with Crippen LogP contribution < -0.4 is 0 Å². The normalized spacial score (nSPS) is 45.3. The zero-order valence-corrected chi connectivity index (χ0v) is 18.9. The number of hydrogen-bond donors (Lipinski definition) is 0. The van der Waals surface area contributed by atoms with Crippen molar-refractivity contribution < 1.29 is 9.47 Å². The van der Waals surface area contributed by atoms with Gasteiger partial charge in [-0.05, 0) is 72.0 Å². The van der Waals surface area contributed by atoms with Crippen molar-refractivity contribution in [2.24, 2.45) is 45.8 Å². The third-order valence-corrected chi connectivity index (χ3v) is 9.65. The van der Waals surface area contributed by atoms with Gasteiger partial charge in [0.1, 0.15) is 0 Å². The maximum Gasteiger partial charge on any atom is 0.0659 e. The van der Waals surface area contributed by atoms with Gasteiger partial charge < -0.3 is 9.47 Å². The van der Waals surface area contributed by atoms with Gasteiger partial charge in [-0.3, -0.25) is 0 Å². The highest BCUT2D eigenvalue weighted by Crippen LogP contribution is 2.61. The molecule has 2 bridgehead atoms. The predicted molar refractivity (Wildman–Crippen MR) is 109 cm³/mol. The Labute approximate surface area is 162 Å². The monoisotopic (exact) mass is 364 g/mol. The first-order valence-corrected chi connectivity index (χ1v) is 11.2. The smallest absolute Gasteiger partial charge is 0.0659 e. The lowest BCUT2D eigenvalue weighted by Crippen LogP contribution is -2.41. The third-order valence-electron chi connectivity index (χ3n) is 9.65. The first-order valence-electron chi connectivity index (χ1n) is 11.2. The van der Waals surface area contributed by atoms with Crippen molar-refractivity contribution in [2.45, 2.75) is 93.8 Å². The second-order valence-electron chi connectivity index (χ2n) is 11.5. The molecule has 0 amide bonds. The van der Waals surface area contributed by atoms with E-state index in [1.807, 2.05) is 0 Å². The summed E-state index contributed by atoms with van der Waals surface area (Å²) in [7, 11) is 0. The number of hydrogen-bond acceptors (Lipinski definition) is 2. The summed E-state index contributed by atoms with van der Waals surface area (Å²) in [6.45, 7) is 23.3. The van der Waals surface area contributed by atoms with Crippen LogP contribution in [0.3, 0.4) is 0 Å². The molecule has 0 aromatic rings. The van der Waals surface area contributed by atoms with E-state index in [2.05, 4.69) is 62.3 Å². The van der Waals surface area contributed by atoms with Gasteiger partial charge in [0.15, 0.2) is 0 Å². The first kappa shape index (κ1) is 20.6. The van der Waals surface area contributed by atoms with Crippen molar-refractivity contribution in [1.82, 2.24) is 0 Å². The molecule has 0 heterocycles. The van der Waals surface area contributed by atoms with Gasteiger partial charge in [0, 0.05) is 13.2 Å². The van der Waals surface area contributed by atoms with Crippen LogP contribution in [-0.2, 0) is 9.47 Å². The van der Waals surface area contributed by atoms with Gasteiger partial charge in [0.2, 0.25) is 0 Å². The fourth-order valence-electron chi connectivity index (χ4n) is 7.11. The molecule has 2 heteroatoms. The van der Waals surface area contributed by atoms with Crippen molar-refractivity contribution in [3.63, 3.8) is 0 Å². The minimum atomic E-state index is 0.257. The van der Waals surface area contributed by atoms with Crippen LogP contribution in [0.4, 0.5) is 0 Å². The van der Waals surface area contributed by atoms with Crippen molar-refractivity contribution >= 4 is 0 Å². The quantitative estimate of drug-likeness (QED) is 0.559. The van der Waals surface area contributed by atoms with Gasteiger partial charge in [0.05, 0.1) is 12.2 Å². The van der Waals surface area contributed by atoms with Gasteiger partial charge in [0.25, 0.3) is 0 Å². The molecule has 7 atom stereocenters. The Morgan fingerprint density at radius 1 is 0.808 bits per heavy atom. The molecule has 0 N–H and O–H groups in total. The van der Waals surface area contributed by atoms with Crippen LogP contribution in [0.25, 0.3) is 0 Å². The molecule has 3 fully saturated rings. The number of rotatable bonds is 6. The predicted octanol–water partition coefficient (Wildman–Crippen LogP) is 6.19. The Hall–Kier alpha value is -0.0800. The molecule has 0 aromatic heterocycles. The summed E-state index contributed by atoms with van der Waals surface area (Å²) in [4.78, 5) is 0. The zero-order valence-electron chi connectivity index (χ0n) is 18.9. The maximum absolute atomic E-state index is 6.61. The summed E-state index contributed by atoms with van der Waals surface area (Å²) in [6.07, 6.45) is 4.81.